The molecular weight excluding hydrogens is 787 g/mol. The van der Waals surface area contributed by atoms with Crippen molar-refractivity contribution in [2.45, 2.75) is 7.43 Å². The van der Waals surface area contributed by atoms with Crippen molar-refractivity contribution >= 4 is 58.9 Å². The van der Waals surface area contributed by atoms with Crippen LogP contribution in [0.1, 0.15) is 8.80 Å². The molecule has 0 fully saturated rings. The SMILES string of the molecule is C.CP(Oc1ccccc1)Oc1ccccc1.CP(c1ccccc1)c1ccccc1.CP1Oc2ccccc2-c2ccccc21.O=[P-].[2H]O[PH-].[2H]c1ccccc1. The van der Waals surface area contributed by atoms with E-state index in [1.165, 1.54) is 27.0 Å². The Bertz CT molecular complexity index is 1990. The van der Waals surface area contributed by atoms with Gasteiger partial charge in [-0.2, -0.15) is 0 Å². The smallest absolute Gasteiger partial charge is 0.286 e. The number of para-hydroxylation sites is 3. The highest BCUT2D eigenvalue weighted by atomic mass is 31.2. The number of fused-ring (bicyclic) bond motifs is 3. The molecule has 10 heteroatoms. The van der Waals surface area contributed by atoms with E-state index in [9.17, 15) is 0 Å². The quantitative estimate of drug-likeness (QED) is 0.169. The van der Waals surface area contributed by atoms with Gasteiger partial charge in [-0.05, 0) is 67.8 Å². The number of hydrogen-bond acceptors (Lipinski definition) is 5. The maximum atomic E-state index is 7.94. The number of hydrogen-bond donors (Lipinski definition) is 1. The topological polar surface area (TPSA) is 65.0 Å². The molecule has 7 aromatic carbocycles. The highest BCUT2D eigenvalue weighted by Gasteiger charge is 2.21. The second-order valence-electron chi connectivity index (χ2n) is 11.2. The van der Waals surface area contributed by atoms with E-state index >= 15 is 0 Å². The van der Waals surface area contributed by atoms with Crippen molar-refractivity contribution in [3.8, 4) is 28.4 Å². The van der Waals surface area contributed by atoms with Crippen LogP contribution < -0.4 is 29.5 Å². The lowest BCUT2D eigenvalue weighted by atomic mass is 10.0. The minimum absolute atomic E-state index is 0. The molecule has 0 aromatic heterocycles. The zero-order valence-electron chi connectivity index (χ0n) is 32.9. The minimum Gasteiger partial charge on any atom is -0.575 e. The Morgan fingerprint density at radius 1 is 0.589 bits per heavy atom. The zero-order chi connectivity index (χ0) is 41.1. The molecule has 0 amide bonds. The normalized spacial score (nSPS) is 11.7. The largest absolute Gasteiger partial charge is 0.575 e. The van der Waals surface area contributed by atoms with E-state index in [0.29, 0.717) is 6.04 Å². The third-order valence-corrected chi connectivity index (χ3v) is 12.1. The summed E-state index contributed by atoms with van der Waals surface area (Å²) in [6, 6.07) is 67.2. The van der Waals surface area contributed by atoms with Crippen LogP contribution in [0.4, 0.5) is 0 Å². The third kappa shape index (κ3) is 16.8. The fourth-order valence-corrected chi connectivity index (χ4v) is 8.81. The Morgan fingerprint density at radius 3 is 1.39 bits per heavy atom. The van der Waals surface area contributed by atoms with Crippen molar-refractivity contribution in [2.24, 2.45) is 0 Å². The monoisotopic (exact) mass is 838 g/mol. The molecule has 1 aliphatic heterocycles. The van der Waals surface area contributed by atoms with Crippen molar-refractivity contribution in [3.63, 3.8) is 0 Å². The maximum Gasteiger partial charge on any atom is 0.286 e. The summed E-state index contributed by atoms with van der Waals surface area (Å²) in [5.41, 5.74) is 2.54. The predicted molar refractivity (Wildman–Crippen MR) is 248 cm³/mol. The van der Waals surface area contributed by atoms with Gasteiger partial charge in [0.1, 0.15) is 25.4 Å². The second-order valence-corrected chi connectivity index (χ2v) is 16.2. The molecule has 1 atom stereocenters. The lowest BCUT2D eigenvalue weighted by Gasteiger charge is -2.25. The van der Waals surface area contributed by atoms with Gasteiger partial charge < -0.3 is 41.6 Å². The Hall–Kier alpha value is -4.28. The average molecular weight is 839 g/mol. The van der Waals surface area contributed by atoms with Crippen LogP contribution in [0.25, 0.3) is 11.1 Å². The number of rotatable bonds is 6. The van der Waals surface area contributed by atoms with Crippen LogP contribution >= 0.6 is 43.0 Å². The van der Waals surface area contributed by atoms with Crippen LogP contribution in [0.15, 0.2) is 206 Å². The van der Waals surface area contributed by atoms with Gasteiger partial charge in [-0.15, -0.1) is 0 Å². The first kappa shape index (κ1) is 44.4. The van der Waals surface area contributed by atoms with Crippen LogP contribution in [0.2, 0.25) is 0 Å². The van der Waals surface area contributed by atoms with E-state index in [-0.39, 0.29) is 15.3 Å². The standard InChI is InChI=1S/C13H13O2P.C13H11OP.C13H13P.C6H6.CH4.H2OP.OP/c1-16(14-12-8-4-2-5-9-12)15-13-10-6-3-7-11-13;1-15-13-9-5-3-7-11(13)10-6-2-4-8-12(10)14-15;1-14(12-8-4-2-5-9-12)13-10-6-3-7-11-13;1-2-4-6-5-3-1;;2*1-2/h2-11H,1H3;2-9H,1H3;2-11H,1H3;1-6H;1H4;1-2H;/q;;;;;2*-1/i;;;1D;;1D;. The van der Waals surface area contributed by atoms with Gasteiger partial charge in [0.25, 0.3) is 8.38 Å². The summed E-state index contributed by atoms with van der Waals surface area (Å²) in [6.07, 6.45) is 0. The van der Waals surface area contributed by atoms with Crippen LogP contribution in [0, 0.1) is 0 Å². The molecule has 1 N–H and O–H groups in total. The van der Waals surface area contributed by atoms with Crippen LogP contribution in [0.3, 0.4) is 0 Å². The molecule has 290 valence electrons. The lowest BCUT2D eigenvalue weighted by molar-refractivity contribution is 0.497. The second kappa shape index (κ2) is 29.0. The molecule has 0 bridgehead atoms. The van der Waals surface area contributed by atoms with Gasteiger partial charge in [0.2, 0.25) is 0 Å². The molecule has 1 unspecified atom stereocenters. The van der Waals surface area contributed by atoms with E-state index in [2.05, 4.69) is 134 Å². The van der Waals surface area contributed by atoms with E-state index in [4.69, 9.17) is 20.9 Å². The minimum atomic E-state index is -0.933. The van der Waals surface area contributed by atoms with E-state index in [1.54, 1.807) is 12.1 Å². The maximum absolute atomic E-state index is 7.94. The molecule has 0 radical (unpaired) electrons. The Morgan fingerprint density at radius 2 is 0.946 bits per heavy atom. The zero-order valence-corrected chi connectivity index (χ0v) is 35.5. The Labute approximate surface area is 345 Å². The summed E-state index contributed by atoms with van der Waals surface area (Å²) < 4.78 is 37.8. The Kier molecular flexibility index (Phi) is 23.0. The van der Waals surface area contributed by atoms with Gasteiger partial charge in [0, 0.05) is 17.5 Å². The molecule has 56 heavy (non-hydrogen) atoms. The van der Waals surface area contributed by atoms with Crippen molar-refractivity contribution in [1.29, 1.82) is 1.43 Å². The highest BCUT2D eigenvalue weighted by Crippen LogP contribution is 2.46. The first-order valence-electron chi connectivity index (χ1n) is 17.9. The van der Waals surface area contributed by atoms with Crippen LogP contribution in [0.5, 0.6) is 17.2 Å². The first-order valence-corrected chi connectivity index (χ1v) is 22.9. The fourth-order valence-electron chi connectivity index (χ4n) is 5.01. The summed E-state index contributed by atoms with van der Waals surface area (Å²) in [4.78, 5) is 3.31. The number of benzene rings is 7. The highest BCUT2D eigenvalue weighted by molar-refractivity contribution is 7.72. The molecule has 7 aromatic rings. The van der Waals surface area contributed by atoms with Gasteiger partial charge >= 0.3 is 0 Å². The van der Waals surface area contributed by atoms with Crippen molar-refractivity contribution in [3.05, 3.63) is 206 Å². The molecule has 5 nitrogen and oxygen atoms in total. The van der Waals surface area contributed by atoms with Gasteiger partial charge in [0.05, 0.1) is 1.37 Å². The summed E-state index contributed by atoms with van der Waals surface area (Å²) in [7, 11) is 3.03. The molecule has 0 spiro atoms. The van der Waals surface area contributed by atoms with E-state index < -0.39 is 16.5 Å². The average Bonchev–Trinajstić information content (AvgIpc) is 3.27. The summed E-state index contributed by atoms with van der Waals surface area (Å²) in [6.45, 7) is 6.40. The van der Waals surface area contributed by atoms with Crippen LogP contribution in [-0.4, -0.2) is 26.3 Å². The summed E-state index contributed by atoms with van der Waals surface area (Å²) in [5, 5.41) is 4.22. The molecule has 0 aliphatic carbocycles. The summed E-state index contributed by atoms with van der Waals surface area (Å²) >= 11 is 0. The summed E-state index contributed by atoms with van der Waals surface area (Å²) in [5.74, 6) is 2.70. The van der Waals surface area contributed by atoms with Crippen LogP contribution in [-0.2, 0) is 4.57 Å². The van der Waals surface area contributed by atoms with Crippen molar-refractivity contribution in [1.82, 2.24) is 0 Å². The van der Waals surface area contributed by atoms with Gasteiger partial charge in [-0.3, -0.25) is 0 Å². The first-order chi connectivity index (χ1) is 27.9. The molecule has 1 aliphatic rings. The predicted octanol–water partition coefficient (Wildman–Crippen LogP) is 13.3. The molecule has 8 rings (SSSR count). The van der Waals surface area contributed by atoms with Crippen molar-refractivity contribution in [2.75, 3.05) is 20.0 Å². The Balaban J connectivity index is 0.000000262. The lowest BCUT2D eigenvalue weighted by Crippen LogP contribution is -2.12. The third-order valence-electron chi connectivity index (χ3n) is 7.50. The van der Waals surface area contributed by atoms with Gasteiger partial charge in [0.15, 0.2) is 1.43 Å². The molecule has 1 heterocycles. The molecule has 0 saturated heterocycles. The van der Waals surface area contributed by atoms with E-state index in [1.807, 2.05) is 97.7 Å². The van der Waals surface area contributed by atoms with E-state index in [0.717, 1.165) is 17.2 Å². The van der Waals surface area contributed by atoms with Gasteiger partial charge in [-0.25, -0.2) is 0 Å². The van der Waals surface area contributed by atoms with Gasteiger partial charge in [-0.1, -0.05) is 183 Å². The molecule has 0 saturated carbocycles. The molecular formula is C46H49O5P5-2. The fraction of sp³-hybridized carbons (Fsp3) is 0.0870. The van der Waals surface area contributed by atoms with Crippen molar-refractivity contribution < 1.29 is 24.4 Å².